The minimum Gasteiger partial charge on any atom is -0.392 e. The zero-order valence-corrected chi connectivity index (χ0v) is 24.0. The molecule has 3 unspecified atom stereocenters. The maximum absolute atomic E-state index is 12.5. The zero-order chi connectivity index (χ0) is 28.1. The minimum atomic E-state index is -0.811. The molecule has 1 aliphatic rings. The number of allylic oxidation sites excluding steroid dienone is 3. The number of carbonyl (C=O) groups is 2. The Balaban J connectivity index is 2.92. The first kappa shape index (κ1) is 33.6. The lowest BCUT2D eigenvalue weighted by Gasteiger charge is -2.45. The molecule has 8 heteroatoms. The van der Waals surface area contributed by atoms with Crippen LogP contribution in [-0.4, -0.2) is 85.8 Å². The summed E-state index contributed by atoms with van der Waals surface area (Å²) in [6, 6.07) is 0. The minimum absolute atomic E-state index is 0.0180. The fourth-order valence-electron chi connectivity index (χ4n) is 4.90. The molecule has 10 atom stereocenters. The third-order valence-electron chi connectivity index (χ3n) is 7.29. The first-order chi connectivity index (χ1) is 17.5. The van der Waals surface area contributed by atoms with Crippen LogP contribution in [0.15, 0.2) is 23.8 Å². The van der Waals surface area contributed by atoms with Gasteiger partial charge in [0.2, 0.25) is 0 Å². The molecule has 1 saturated heterocycles. The molecule has 1 rings (SSSR count). The van der Waals surface area contributed by atoms with E-state index in [2.05, 4.69) is 0 Å². The fraction of sp³-hybridized carbons (Fsp3) is 0.793. The van der Waals surface area contributed by atoms with Crippen LogP contribution < -0.4 is 0 Å². The number of aldehydes is 1. The molecule has 1 heterocycles. The topological polar surface area (TPSA) is 112 Å². The number of aliphatic hydroxyl groups is 2. The molecular formula is C29H50O8. The van der Waals surface area contributed by atoms with Crippen LogP contribution in [0.4, 0.5) is 0 Å². The molecule has 0 saturated carbocycles. The van der Waals surface area contributed by atoms with E-state index in [0.29, 0.717) is 25.7 Å². The van der Waals surface area contributed by atoms with E-state index >= 15 is 0 Å². The van der Waals surface area contributed by atoms with Crippen molar-refractivity contribution in [2.75, 3.05) is 20.8 Å². The van der Waals surface area contributed by atoms with Crippen molar-refractivity contribution in [1.29, 1.82) is 0 Å². The van der Waals surface area contributed by atoms with Gasteiger partial charge in [-0.2, -0.15) is 0 Å². The second-order valence-electron chi connectivity index (χ2n) is 10.4. The summed E-state index contributed by atoms with van der Waals surface area (Å²) in [6.07, 6.45) is 4.82. The number of ketones is 1. The van der Waals surface area contributed by atoms with E-state index in [-0.39, 0.29) is 36.2 Å². The van der Waals surface area contributed by atoms with Crippen molar-refractivity contribution in [3.05, 3.63) is 23.8 Å². The predicted octanol–water partition coefficient (Wildman–Crippen LogP) is 3.67. The van der Waals surface area contributed by atoms with Crippen LogP contribution in [0.2, 0.25) is 0 Å². The van der Waals surface area contributed by atoms with Crippen molar-refractivity contribution in [2.45, 2.75) is 110 Å². The number of ether oxygens (including phenoxy) is 4. The summed E-state index contributed by atoms with van der Waals surface area (Å²) in [5, 5.41) is 21.1. The van der Waals surface area contributed by atoms with Crippen molar-refractivity contribution in [3.63, 3.8) is 0 Å². The van der Waals surface area contributed by atoms with Crippen LogP contribution in [0, 0.1) is 17.8 Å². The summed E-state index contributed by atoms with van der Waals surface area (Å²) in [5.41, 5.74) is 0.857. The van der Waals surface area contributed by atoms with Crippen molar-refractivity contribution in [3.8, 4) is 0 Å². The van der Waals surface area contributed by atoms with E-state index in [1.54, 1.807) is 33.3 Å². The lowest BCUT2D eigenvalue weighted by atomic mass is 9.91. The van der Waals surface area contributed by atoms with Gasteiger partial charge in [-0.1, -0.05) is 45.4 Å². The van der Waals surface area contributed by atoms with Gasteiger partial charge in [0, 0.05) is 32.5 Å². The van der Waals surface area contributed by atoms with Crippen molar-refractivity contribution < 1.29 is 38.7 Å². The van der Waals surface area contributed by atoms with Gasteiger partial charge in [-0.3, -0.25) is 4.79 Å². The fourth-order valence-corrected chi connectivity index (χ4v) is 4.90. The van der Waals surface area contributed by atoms with E-state index in [1.165, 1.54) is 0 Å². The Hall–Kier alpha value is -1.42. The first-order valence-electron chi connectivity index (χ1n) is 13.6. The monoisotopic (exact) mass is 526 g/mol. The van der Waals surface area contributed by atoms with Gasteiger partial charge >= 0.3 is 0 Å². The van der Waals surface area contributed by atoms with Gasteiger partial charge in [-0.25, -0.2) is 0 Å². The molecular weight excluding hydrogens is 476 g/mol. The SMILES string of the molecule is CCC(OC[C@@H](/C=C(C)/C=C/C(=O)[C@H](C)C[C@@H](C)CC=O)[C@H](O)CC)[C@@H]1OC(C)[C@@H](O)[C@H](OC)C1OC. The molecule has 1 fully saturated rings. The summed E-state index contributed by atoms with van der Waals surface area (Å²) < 4.78 is 23.6. The molecule has 0 radical (unpaired) electrons. The first-order valence-corrected chi connectivity index (χ1v) is 13.6. The van der Waals surface area contributed by atoms with Crippen molar-refractivity contribution >= 4 is 12.1 Å². The van der Waals surface area contributed by atoms with Crippen molar-refractivity contribution in [1.82, 2.24) is 0 Å². The Morgan fingerprint density at radius 2 is 1.73 bits per heavy atom. The van der Waals surface area contributed by atoms with E-state index in [4.69, 9.17) is 18.9 Å². The molecule has 2 N–H and O–H groups in total. The number of rotatable bonds is 17. The molecule has 0 aromatic rings. The highest BCUT2D eigenvalue weighted by Crippen LogP contribution is 2.29. The second kappa shape index (κ2) is 17.2. The third-order valence-corrected chi connectivity index (χ3v) is 7.29. The predicted molar refractivity (Wildman–Crippen MR) is 143 cm³/mol. The van der Waals surface area contributed by atoms with Gasteiger partial charge in [0.05, 0.1) is 24.9 Å². The van der Waals surface area contributed by atoms with Gasteiger partial charge in [0.25, 0.3) is 0 Å². The van der Waals surface area contributed by atoms with Crippen LogP contribution in [0.1, 0.15) is 67.2 Å². The lowest BCUT2D eigenvalue weighted by molar-refractivity contribution is -0.256. The standard InChI is InChI=1S/C29H50O8/c1-9-23(31)22(16-18(3)11-12-24(32)20(5)15-19(4)13-14-30)17-36-25(10-2)27-29(35-8)28(34-7)26(33)21(6)37-27/h11-12,14,16,19-23,25-29,31,33H,9-10,13,15,17H2,1-8H3/b12-11+,18-16+/t19-,20+,21?,22+,23+,25?,26+,27-,28-,29?/m0/s1. The maximum atomic E-state index is 12.5. The molecule has 0 aliphatic carbocycles. The van der Waals surface area contributed by atoms with E-state index in [1.807, 2.05) is 40.7 Å². The summed E-state index contributed by atoms with van der Waals surface area (Å²) in [4.78, 5) is 23.2. The molecule has 0 spiro atoms. The maximum Gasteiger partial charge on any atom is 0.158 e. The Morgan fingerprint density at radius 1 is 1.08 bits per heavy atom. The molecule has 0 aromatic heterocycles. The molecule has 1 aliphatic heterocycles. The Morgan fingerprint density at radius 3 is 2.27 bits per heavy atom. The van der Waals surface area contributed by atoms with Crippen LogP contribution in [0.25, 0.3) is 0 Å². The number of methoxy groups -OCH3 is 2. The van der Waals surface area contributed by atoms with Gasteiger partial charge in [-0.15, -0.1) is 0 Å². The zero-order valence-electron chi connectivity index (χ0n) is 24.0. The highest BCUT2D eigenvalue weighted by Gasteiger charge is 2.47. The highest BCUT2D eigenvalue weighted by molar-refractivity contribution is 5.91. The summed E-state index contributed by atoms with van der Waals surface area (Å²) >= 11 is 0. The van der Waals surface area contributed by atoms with Gasteiger partial charge in [0.1, 0.15) is 30.7 Å². The van der Waals surface area contributed by atoms with Crippen LogP contribution in [-0.2, 0) is 28.5 Å². The highest BCUT2D eigenvalue weighted by atomic mass is 16.6. The van der Waals surface area contributed by atoms with E-state index < -0.39 is 36.6 Å². The lowest BCUT2D eigenvalue weighted by Crippen LogP contribution is -2.61. The van der Waals surface area contributed by atoms with Crippen LogP contribution in [0.3, 0.4) is 0 Å². The molecule has 37 heavy (non-hydrogen) atoms. The molecule has 0 aromatic carbocycles. The summed E-state index contributed by atoms with van der Waals surface area (Å²) in [5.74, 6) is -0.254. The van der Waals surface area contributed by atoms with E-state index in [9.17, 15) is 19.8 Å². The average Bonchev–Trinajstić information content (AvgIpc) is 2.87. The summed E-state index contributed by atoms with van der Waals surface area (Å²) in [6.45, 7) is 11.7. The molecule has 0 amide bonds. The smallest absolute Gasteiger partial charge is 0.158 e. The normalized spacial score (nSPS) is 29.0. The number of hydrogen-bond donors (Lipinski definition) is 2. The third kappa shape index (κ3) is 10.3. The van der Waals surface area contributed by atoms with Gasteiger partial charge in [-0.05, 0) is 45.1 Å². The number of carbonyl (C=O) groups excluding carboxylic acids is 2. The number of aliphatic hydroxyl groups excluding tert-OH is 2. The second-order valence-corrected chi connectivity index (χ2v) is 10.4. The Bertz CT molecular complexity index is 735. The summed E-state index contributed by atoms with van der Waals surface area (Å²) in [7, 11) is 3.11. The quantitative estimate of drug-likeness (QED) is 0.168. The molecule has 8 nitrogen and oxygen atoms in total. The molecule has 214 valence electrons. The van der Waals surface area contributed by atoms with Crippen LogP contribution >= 0.6 is 0 Å². The Kier molecular flexibility index (Phi) is 15.6. The average molecular weight is 527 g/mol. The van der Waals surface area contributed by atoms with E-state index in [0.717, 1.165) is 11.9 Å². The molecule has 0 bridgehead atoms. The Labute approximate surface area is 223 Å². The van der Waals surface area contributed by atoms with Gasteiger partial charge < -0.3 is 34.0 Å². The number of hydrogen-bond acceptors (Lipinski definition) is 8. The van der Waals surface area contributed by atoms with Crippen LogP contribution in [0.5, 0.6) is 0 Å². The van der Waals surface area contributed by atoms with Gasteiger partial charge in [0.15, 0.2) is 5.78 Å². The largest absolute Gasteiger partial charge is 0.392 e. The van der Waals surface area contributed by atoms with Crippen molar-refractivity contribution in [2.24, 2.45) is 17.8 Å².